The van der Waals surface area contributed by atoms with Gasteiger partial charge in [0.25, 0.3) is 0 Å². The minimum absolute atomic E-state index is 0. The predicted octanol–water partition coefficient (Wildman–Crippen LogP) is 1.34. The summed E-state index contributed by atoms with van der Waals surface area (Å²) in [6, 6.07) is 13.8. The third-order valence-electron chi connectivity index (χ3n) is 3.50. The maximum Gasteiger partial charge on any atom is 1.00 e. The van der Waals surface area contributed by atoms with E-state index in [0.29, 0.717) is 5.52 Å². The summed E-state index contributed by atoms with van der Waals surface area (Å²) in [4.78, 5) is 4.28. The zero-order valence-electron chi connectivity index (χ0n) is 13.0. The molecule has 3 rings (SSSR count). The molecule has 0 radical (unpaired) electrons. The molecule has 0 aliphatic carbocycles. The van der Waals surface area contributed by atoms with Gasteiger partial charge >= 0.3 is 18.9 Å². The summed E-state index contributed by atoms with van der Waals surface area (Å²) in [5, 5.41) is 10.9. The Morgan fingerprint density at radius 1 is 0.950 bits per heavy atom. The molecule has 2 nitrogen and oxygen atoms in total. The number of hydrogen-bond acceptors (Lipinski definition) is 2. The molecular weight excluding hydrogens is 241 g/mol. The average Bonchev–Trinajstić information content (AvgIpc) is 2.39. The molecule has 0 aliphatic heterocycles. The summed E-state index contributed by atoms with van der Waals surface area (Å²) in [5.41, 5.74) is 5.46. The number of aromatic nitrogens is 1. The number of aromatic hydroxyl groups is 1. The molecule has 0 bridgehead atoms. The average molecular weight is 257 g/mol. The summed E-state index contributed by atoms with van der Waals surface area (Å²) in [6.07, 6.45) is 1.75. The second-order valence-corrected chi connectivity index (χ2v) is 4.80. The molecule has 0 fully saturated rings. The molecule has 1 heterocycles. The number of fused-ring (bicyclic) bond motifs is 1. The number of phenols is 1. The van der Waals surface area contributed by atoms with Crippen LogP contribution in [0.25, 0.3) is 22.0 Å². The number of rotatable bonds is 1. The topological polar surface area (TPSA) is 33.1 Å². The van der Waals surface area contributed by atoms with Crippen LogP contribution in [0.4, 0.5) is 0 Å². The summed E-state index contributed by atoms with van der Waals surface area (Å²) in [5.74, 6) is 0.227. The van der Waals surface area contributed by atoms with Gasteiger partial charge in [-0.1, -0.05) is 30.3 Å². The van der Waals surface area contributed by atoms with Gasteiger partial charge in [0.05, 0.1) is 0 Å². The summed E-state index contributed by atoms with van der Waals surface area (Å²) in [7, 11) is 0. The van der Waals surface area contributed by atoms with Gasteiger partial charge in [-0.25, -0.2) is 0 Å². The third kappa shape index (κ3) is 2.33. The molecule has 1 aromatic heterocycles. The Balaban J connectivity index is 0.00000110. The monoisotopic (exact) mass is 257 g/mol. The molecule has 0 spiro atoms. The number of para-hydroxylation sites is 1. The first-order chi connectivity index (χ1) is 9.18. The first-order valence-corrected chi connectivity index (χ1v) is 6.32. The van der Waals surface area contributed by atoms with Gasteiger partial charge in [0.2, 0.25) is 0 Å². The van der Waals surface area contributed by atoms with Crippen LogP contribution < -0.4 is 18.9 Å². The fourth-order valence-corrected chi connectivity index (χ4v) is 2.62. The van der Waals surface area contributed by atoms with Gasteiger partial charge in [-0.3, -0.25) is 4.98 Å². The van der Waals surface area contributed by atoms with E-state index in [2.05, 4.69) is 37.0 Å². The van der Waals surface area contributed by atoms with Gasteiger partial charge in [0.15, 0.2) is 0 Å². The zero-order valence-corrected chi connectivity index (χ0v) is 12.0. The van der Waals surface area contributed by atoms with E-state index in [4.69, 9.17) is 0 Å². The van der Waals surface area contributed by atoms with Crippen molar-refractivity contribution in [1.82, 2.24) is 4.98 Å². The van der Waals surface area contributed by atoms with E-state index in [0.717, 1.165) is 10.9 Å². The van der Waals surface area contributed by atoms with Crippen LogP contribution in [-0.2, 0) is 0 Å². The Bertz CT molecular complexity index is 754. The Kier molecular flexibility index (Phi) is 4.18. The van der Waals surface area contributed by atoms with Crippen LogP contribution in [0.1, 0.15) is 12.6 Å². The van der Waals surface area contributed by atoms with E-state index in [1.807, 2.05) is 18.2 Å². The number of nitrogens with zero attached hydrogens (tertiary/aromatic N) is 1. The Morgan fingerprint density at radius 2 is 1.60 bits per heavy atom. The first kappa shape index (κ1) is 14.7. The van der Waals surface area contributed by atoms with Gasteiger partial charge in [-0.15, -0.1) is 0 Å². The van der Waals surface area contributed by atoms with Gasteiger partial charge in [0.1, 0.15) is 11.3 Å². The predicted molar refractivity (Wildman–Crippen MR) is 79.4 cm³/mol. The molecule has 3 aromatic rings. The number of phenolic OH excluding ortho intramolecular Hbond substituents is 1. The quantitative estimate of drug-likeness (QED) is 0.667. The molecular formula is C17H16LiNO. The molecule has 3 heteroatoms. The van der Waals surface area contributed by atoms with Crippen LogP contribution in [0.15, 0.2) is 48.7 Å². The molecule has 2 aromatic carbocycles. The smallest absolute Gasteiger partial charge is 1.00 e. The maximum absolute atomic E-state index is 9.92. The van der Waals surface area contributed by atoms with Crippen molar-refractivity contribution in [2.45, 2.75) is 13.8 Å². The van der Waals surface area contributed by atoms with Crippen LogP contribution in [0.3, 0.4) is 0 Å². The molecule has 0 saturated heterocycles. The van der Waals surface area contributed by atoms with E-state index < -0.39 is 0 Å². The molecule has 0 unspecified atom stereocenters. The van der Waals surface area contributed by atoms with Crippen molar-refractivity contribution in [1.29, 1.82) is 0 Å². The van der Waals surface area contributed by atoms with Crippen molar-refractivity contribution in [2.75, 3.05) is 0 Å². The first-order valence-electron chi connectivity index (χ1n) is 6.32. The van der Waals surface area contributed by atoms with Crippen LogP contribution in [0, 0.1) is 13.8 Å². The van der Waals surface area contributed by atoms with Crippen LogP contribution in [-0.4, -0.2) is 10.1 Å². The zero-order chi connectivity index (χ0) is 13.4. The number of pyridine rings is 1. The minimum atomic E-state index is 0. The van der Waals surface area contributed by atoms with Crippen LogP contribution in [0.5, 0.6) is 5.75 Å². The van der Waals surface area contributed by atoms with Crippen molar-refractivity contribution >= 4 is 10.9 Å². The standard InChI is InChI=1S/C17H15NO.Li.H/c1-11-5-3-6-12(2)16(11)13-9-10-18-17-14(13)7-4-8-15(17)19;;/h3-10,19H,1-2H3;;/q;+1;-1. The van der Waals surface area contributed by atoms with E-state index in [1.54, 1.807) is 12.3 Å². The van der Waals surface area contributed by atoms with Gasteiger partial charge in [-0.2, -0.15) is 0 Å². The molecule has 96 valence electrons. The number of hydrogen-bond donors (Lipinski definition) is 1. The summed E-state index contributed by atoms with van der Waals surface area (Å²) in [6.45, 7) is 4.22. The fraction of sp³-hybridized carbons (Fsp3) is 0.118. The third-order valence-corrected chi connectivity index (χ3v) is 3.50. The van der Waals surface area contributed by atoms with Crippen molar-refractivity contribution in [2.24, 2.45) is 0 Å². The molecule has 0 amide bonds. The summed E-state index contributed by atoms with van der Waals surface area (Å²) >= 11 is 0. The van der Waals surface area contributed by atoms with Crippen LogP contribution in [0.2, 0.25) is 0 Å². The Labute approximate surface area is 132 Å². The molecule has 0 atom stereocenters. The number of benzene rings is 2. The second-order valence-electron chi connectivity index (χ2n) is 4.80. The van der Waals surface area contributed by atoms with Gasteiger partial charge in [0, 0.05) is 11.6 Å². The minimum Gasteiger partial charge on any atom is -1.00 e. The number of aryl methyl sites for hydroxylation is 2. The SMILES string of the molecule is Cc1cccc(C)c1-c1ccnc2c(O)cccc12.[H-].[Li+]. The van der Waals surface area contributed by atoms with Crippen molar-refractivity contribution < 1.29 is 25.4 Å². The summed E-state index contributed by atoms with van der Waals surface area (Å²) < 4.78 is 0. The fourth-order valence-electron chi connectivity index (χ4n) is 2.62. The molecule has 1 N–H and O–H groups in total. The molecule has 20 heavy (non-hydrogen) atoms. The normalized spacial score (nSPS) is 10.3. The molecule has 0 saturated carbocycles. The van der Waals surface area contributed by atoms with E-state index >= 15 is 0 Å². The maximum atomic E-state index is 9.92. The Hall–Kier alpha value is -1.75. The van der Waals surface area contributed by atoms with Crippen molar-refractivity contribution in [3.8, 4) is 16.9 Å². The van der Waals surface area contributed by atoms with Crippen LogP contribution >= 0.6 is 0 Å². The molecule has 0 aliphatic rings. The van der Waals surface area contributed by atoms with Gasteiger partial charge < -0.3 is 6.53 Å². The van der Waals surface area contributed by atoms with E-state index in [9.17, 15) is 5.11 Å². The van der Waals surface area contributed by atoms with Crippen molar-refractivity contribution in [3.05, 3.63) is 59.8 Å². The van der Waals surface area contributed by atoms with Crippen molar-refractivity contribution in [3.63, 3.8) is 0 Å². The largest absolute Gasteiger partial charge is 1.00 e. The van der Waals surface area contributed by atoms with E-state index in [-0.39, 0.29) is 26.0 Å². The van der Waals surface area contributed by atoms with E-state index in [1.165, 1.54) is 16.7 Å². The Morgan fingerprint density at radius 3 is 2.30 bits per heavy atom. The second kappa shape index (κ2) is 5.71. The van der Waals surface area contributed by atoms with Gasteiger partial charge in [-0.05, 0) is 48.2 Å².